The van der Waals surface area contributed by atoms with E-state index in [0.29, 0.717) is 22.2 Å². The van der Waals surface area contributed by atoms with E-state index >= 15 is 0 Å². The molecule has 0 N–H and O–H groups in total. The number of thiazole rings is 1. The summed E-state index contributed by atoms with van der Waals surface area (Å²) in [5.74, 6) is 0.682. The number of benzene rings is 1. The first-order valence-electron chi connectivity index (χ1n) is 8.85. The lowest BCUT2D eigenvalue weighted by atomic mass is 10.3. The van der Waals surface area contributed by atoms with Crippen LogP contribution in [0.25, 0.3) is 10.2 Å². The highest BCUT2D eigenvalue weighted by atomic mass is 32.1. The molecule has 0 radical (unpaired) electrons. The average Bonchev–Trinajstić information content (AvgIpc) is 3.30. The van der Waals surface area contributed by atoms with Crippen molar-refractivity contribution in [3.63, 3.8) is 0 Å². The van der Waals surface area contributed by atoms with E-state index < -0.39 is 0 Å². The number of carbonyl (C=O) groups excluding carboxylic acids is 1. The van der Waals surface area contributed by atoms with Gasteiger partial charge in [-0.25, -0.2) is 4.98 Å². The van der Waals surface area contributed by atoms with Crippen LogP contribution < -0.4 is 9.64 Å². The maximum absolute atomic E-state index is 13.2. The highest BCUT2D eigenvalue weighted by Crippen LogP contribution is 2.32. The van der Waals surface area contributed by atoms with E-state index in [-0.39, 0.29) is 5.91 Å². The summed E-state index contributed by atoms with van der Waals surface area (Å²) in [7, 11) is 1.64. The predicted molar refractivity (Wildman–Crippen MR) is 110 cm³/mol. The van der Waals surface area contributed by atoms with E-state index in [1.807, 2.05) is 25.1 Å². The van der Waals surface area contributed by atoms with Gasteiger partial charge in [-0.1, -0.05) is 29.7 Å². The van der Waals surface area contributed by atoms with Crippen LogP contribution in [0.3, 0.4) is 0 Å². The fourth-order valence-corrected chi connectivity index (χ4v) is 4.38. The number of hydrogen-bond acceptors (Lipinski definition) is 8. The van der Waals surface area contributed by atoms with Gasteiger partial charge in [0.15, 0.2) is 5.13 Å². The second kappa shape index (κ2) is 8.73. The first-order valence-corrected chi connectivity index (χ1v) is 10.4. The molecule has 0 saturated heterocycles. The first-order chi connectivity index (χ1) is 13.1. The smallest absolute Gasteiger partial charge is 0.273 e. The van der Waals surface area contributed by atoms with Crippen LogP contribution in [-0.2, 0) is 0 Å². The van der Waals surface area contributed by atoms with Gasteiger partial charge >= 0.3 is 0 Å². The number of hydrogen-bond donors (Lipinski definition) is 0. The molecule has 9 heteroatoms. The van der Waals surface area contributed by atoms with Gasteiger partial charge in [-0.15, -0.1) is 5.10 Å². The highest BCUT2D eigenvalue weighted by Gasteiger charge is 2.25. The molecule has 0 aliphatic carbocycles. The Morgan fingerprint density at radius 1 is 1.22 bits per heavy atom. The number of fused-ring (bicyclic) bond motifs is 1. The molecule has 1 amide bonds. The van der Waals surface area contributed by atoms with E-state index in [2.05, 4.69) is 28.3 Å². The molecule has 3 aromatic rings. The number of aromatic nitrogens is 3. The van der Waals surface area contributed by atoms with E-state index in [0.717, 1.165) is 47.1 Å². The van der Waals surface area contributed by atoms with Crippen molar-refractivity contribution in [3.05, 3.63) is 28.8 Å². The molecule has 144 valence electrons. The summed E-state index contributed by atoms with van der Waals surface area (Å²) in [6, 6.07) is 5.74. The second-order valence-corrected chi connectivity index (χ2v) is 7.76. The normalized spacial score (nSPS) is 11.3. The number of nitrogens with zero attached hydrogens (tertiary/aromatic N) is 5. The number of methoxy groups -OCH3 is 1. The molecule has 2 heterocycles. The van der Waals surface area contributed by atoms with Gasteiger partial charge in [0, 0.05) is 13.1 Å². The van der Waals surface area contributed by atoms with Crippen LogP contribution in [0, 0.1) is 6.92 Å². The third-order valence-electron chi connectivity index (χ3n) is 4.44. The van der Waals surface area contributed by atoms with Crippen molar-refractivity contribution in [2.45, 2.75) is 20.8 Å². The maximum atomic E-state index is 13.2. The summed E-state index contributed by atoms with van der Waals surface area (Å²) >= 11 is 2.62. The van der Waals surface area contributed by atoms with Crippen molar-refractivity contribution in [2.75, 3.05) is 38.2 Å². The van der Waals surface area contributed by atoms with Crippen LogP contribution >= 0.6 is 22.9 Å². The molecule has 3 rings (SSSR count). The Labute approximate surface area is 166 Å². The zero-order valence-electron chi connectivity index (χ0n) is 15.9. The van der Waals surface area contributed by atoms with Gasteiger partial charge in [0.2, 0.25) is 0 Å². The fraction of sp³-hybridized carbons (Fsp3) is 0.444. The summed E-state index contributed by atoms with van der Waals surface area (Å²) in [4.78, 5) is 22.5. The number of anilines is 1. The van der Waals surface area contributed by atoms with E-state index in [1.54, 1.807) is 12.0 Å². The maximum Gasteiger partial charge on any atom is 0.273 e. The lowest BCUT2D eigenvalue weighted by molar-refractivity contribution is 0.0987. The Balaban J connectivity index is 1.95. The third-order valence-corrected chi connectivity index (χ3v) is 6.30. The van der Waals surface area contributed by atoms with E-state index in [1.165, 1.54) is 11.3 Å². The van der Waals surface area contributed by atoms with Gasteiger partial charge in [-0.2, -0.15) is 0 Å². The molecular formula is C18H23N5O2S2. The van der Waals surface area contributed by atoms with E-state index in [9.17, 15) is 4.79 Å². The summed E-state index contributed by atoms with van der Waals surface area (Å²) < 4.78 is 10.2. The molecule has 0 atom stereocenters. The van der Waals surface area contributed by atoms with Crippen molar-refractivity contribution in [1.29, 1.82) is 0 Å². The van der Waals surface area contributed by atoms with E-state index in [4.69, 9.17) is 9.72 Å². The van der Waals surface area contributed by atoms with Crippen LogP contribution in [-0.4, -0.2) is 58.7 Å². The summed E-state index contributed by atoms with van der Waals surface area (Å²) in [5, 5.41) is 4.67. The number of amides is 1. The Hall–Kier alpha value is -2.10. The molecular weight excluding hydrogens is 382 g/mol. The summed E-state index contributed by atoms with van der Waals surface area (Å²) in [6.45, 7) is 9.28. The van der Waals surface area contributed by atoms with Crippen molar-refractivity contribution in [2.24, 2.45) is 0 Å². The largest absolute Gasteiger partial charge is 0.497 e. The van der Waals surface area contributed by atoms with Crippen molar-refractivity contribution in [3.8, 4) is 5.75 Å². The molecule has 0 aliphatic rings. The monoisotopic (exact) mass is 405 g/mol. The molecule has 0 unspecified atom stereocenters. The zero-order chi connectivity index (χ0) is 19.4. The topological polar surface area (TPSA) is 71.5 Å². The van der Waals surface area contributed by atoms with Crippen LogP contribution in [0.5, 0.6) is 5.75 Å². The van der Waals surface area contributed by atoms with Gasteiger partial charge in [0.25, 0.3) is 5.91 Å². The lowest BCUT2D eigenvalue weighted by Gasteiger charge is -2.24. The molecule has 0 saturated carbocycles. The molecule has 0 bridgehead atoms. The predicted octanol–water partition coefficient (Wildman–Crippen LogP) is 3.45. The standard InChI is InChI=1S/C18H23N5O2S2/c1-5-22(6-2)9-10-23(17(24)16-12(3)20-21-27-16)18-19-14-8-7-13(25-4)11-15(14)26-18/h7-8,11H,5-6,9-10H2,1-4H3. The molecule has 2 aromatic heterocycles. The SMILES string of the molecule is CCN(CC)CCN(C(=O)c1snnc1C)c1nc2ccc(OC)cc2s1. The summed E-state index contributed by atoms with van der Waals surface area (Å²) in [5.41, 5.74) is 1.51. The van der Waals surface area contributed by atoms with Gasteiger partial charge in [0.05, 0.1) is 23.0 Å². The van der Waals surface area contributed by atoms with Gasteiger partial charge in [-0.3, -0.25) is 9.69 Å². The van der Waals surface area contributed by atoms with Crippen molar-refractivity contribution < 1.29 is 9.53 Å². The first kappa shape index (κ1) is 19.7. The fourth-order valence-electron chi connectivity index (χ4n) is 2.75. The Kier molecular flexibility index (Phi) is 6.35. The molecule has 27 heavy (non-hydrogen) atoms. The van der Waals surface area contributed by atoms with Gasteiger partial charge in [-0.05, 0) is 49.7 Å². The van der Waals surface area contributed by atoms with Crippen molar-refractivity contribution >= 4 is 44.1 Å². The number of aryl methyl sites for hydroxylation is 1. The Morgan fingerprint density at radius 2 is 2.00 bits per heavy atom. The van der Waals surface area contributed by atoms with Crippen LogP contribution in [0.4, 0.5) is 5.13 Å². The molecule has 0 spiro atoms. The quantitative estimate of drug-likeness (QED) is 0.572. The number of rotatable bonds is 8. The minimum Gasteiger partial charge on any atom is -0.497 e. The van der Waals surface area contributed by atoms with Crippen LogP contribution in [0.2, 0.25) is 0 Å². The molecule has 0 fully saturated rings. The Morgan fingerprint density at radius 3 is 2.63 bits per heavy atom. The average molecular weight is 406 g/mol. The van der Waals surface area contributed by atoms with Gasteiger partial charge < -0.3 is 9.64 Å². The minimum atomic E-state index is -0.0966. The van der Waals surface area contributed by atoms with Crippen molar-refractivity contribution in [1.82, 2.24) is 19.5 Å². The molecule has 7 nitrogen and oxygen atoms in total. The summed E-state index contributed by atoms with van der Waals surface area (Å²) in [6.07, 6.45) is 0. The van der Waals surface area contributed by atoms with Crippen LogP contribution in [0.1, 0.15) is 29.2 Å². The Bertz CT molecular complexity index is 920. The molecule has 1 aromatic carbocycles. The second-order valence-electron chi connectivity index (χ2n) is 6.00. The lowest BCUT2D eigenvalue weighted by Crippen LogP contribution is -2.38. The third kappa shape index (κ3) is 4.26. The highest BCUT2D eigenvalue weighted by molar-refractivity contribution is 7.22. The van der Waals surface area contributed by atoms with Crippen LogP contribution in [0.15, 0.2) is 18.2 Å². The molecule has 0 aliphatic heterocycles. The number of carbonyl (C=O) groups is 1. The van der Waals surface area contributed by atoms with Gasteiger partial charge in [0.1, 0.15) is 10.6 Å². The number of likely N-dealkylation sites (N-methyl/N-ethyl adjacent to an activating group) is 1. The zero-order valence-corrected chi connectivity index (χ0v) is 17.6. The minimum absolute atomic E-state index is 0.0966. The number of ether oxygens (including phenoxy) is 1.